The van der Waals surface area contributed by atoms with Crippen LogP contribution in [0.2, 0.25) is 5.02 Å². The summed E-state index contributed by atoms with van der Waals surface area (Å²) in [6.45, 7) is 1.87. The summed E-state index contributed by atoms with van der Waals surface area (Å²) in [4.78, 5) is 16.1. The first-order valence-corrected chi connectivity index (χ1v) is 6.42. The lowest BCUT2D eigenvalue weighted by Gasteiger charge is -2.16. The zero-order valence-electron chi connectivity index (χ0n) is 10.7. The first-order chi connectivity index (χ1) is 9.58. The number of aromatic nitrogens is 4. The lowest BCUT2D eigenvalue weighted by atomic mass is 10.2. The van der Waals surface area contributed by atoms with Crippen LogP contribution < -0.4 is 11.4 Å². The predicted molar refractivity (Wildman–Crippen MR) is 77.8 cm³/mol. The zero-order valence-corrected chi connectivity index (χ0v) is 11.4. The van der Waals surface area contributed by atoms with Crippen molar-refractivity contribution in [1.29, 1.82) is 0 Å². The summed E-state index contributed by atoms with van der Waals surface area (Å²) >= 11 is 6.03. The summed E-state index contributed by atoms with van der Waals surface area (Å²) in [5.41, 5.74) is 6.76. The number of H-pyrrole nitrogens is 1. The van der Waals surface area contributed by atoms with E-state index in [2.05, 4.69) is 15.2 Å². The van der Waals surface area contributed by atoms with E-state index in [1.165, 1.54) is 4.57 Å². The molecule has 0 spiro atoms. The van der Waals surface area contributed by atoms with Gasteiger partial charge in [0.2, 0.25) is 0 Å². The second-order valence-corrected chi connectivity index (χ2v) is 4.92. The lowest BCUT2D eigenvalue weighted by Crippen LogP contribution is -2.28. The van der Waals surface area contributed by atoms with Crippen molar-refractivity contribution in [2.24, 2.45) is 0 Å². The smallest absolute Gasteiger partial charge is 0.350 e. The van der Waals surface area contributed by atoms with Crippen molar-refractivity contribution < 1.29 is 0 Å². The van der Waals surface area contributed by atoms with Crippen LogP contribution in [0.5, 0.6) is 0 Å². The molecular formula is C13H12ClN5O. The third-order valence-corrected chi connectivity index (χ3v) is 3.49. The van der Waals surface area contributed by atoms with Gasteiger partial charge in [-0.25, -0.2) is 4.79 Å². The summed E-state index contributed by atoms with van der Waals surface area (Å²) in [5.74, 6) is 0.201. The molecule has 3 aromatic rings. The number of hydrogen-bond donors (Lipinski definition) is 2. The molecule has 0 aliphatic heterocycles. The molecular weight excluding hydrogens is 278 g/mol. The molecule has 0 saturated heterocycles. The van der Waals surface area contributed by atoms with E-state index in [-0.39, 0.29) is 11.9 Å². The Morgan fingerprint density at radius 2 is 2.20 bits per heavy atom. The van der Waals surface area contributed by atoms with Crippen molar-refractivity contribution in [3.05, 3.63) is 51.7 Å². The second-order valence-electron chi connectivity index (χ2n) is 4.49. The van der Waals surface area contributed by atoms with Gasteiger partial charge >= 0.3 is 5.69 Å². The number of anilines is 1. The molecule has 0 unspecified atom stereocenters. The van der Waals surface area contributed by atoms with Gasteiger partial charge in [0.05, 0.1) is 17.3 Å². The summed E-state index contributed by atoms with van der Waals surface area (Å²) in [7, 11) is 0. The molecule has 7 heteroatoms. The third-order valence-electron chi connectivity index (χ3n) is 3.26. The number of benzene rings is 1. The minimum atomic E-state index is -0.423. The molecule has 0 aliphatic rings. The van der Waals surface area contributed by atoms with Crippen molar-refractivity contribution in [3.8, 4) is 0 Å². The number of rotatable bonds is 2. The van der Waals surface area contributed by atoms with Gasteiger partial charge in [0, 0.05) is 16.6 Å². The van der Waals surface area contributed by atoms with Crippen molar-refractivity contribution in [3.63, 3.8) is 0 Å². The highest BCUT2D eigenvalue weighted by Crippen LogP contribution is 2.25. The van der Waals surface area contributed by atoms with Gasteiger partial charge in [-0.15, -0.1) is 0 Å². The Morgan fingerprint density at radius 1 is 1.40 bits per heavy atom. The standard InChI is InChI=1S/C13H12ClN5O/c1-7(10-4-5-16-18-10)19-11-6-8(14)2-3-9(11)12(15)17-13(19)20/h2-7H,1H3,(H,16,18)(H2,15,17,20)/t7-/m0/s1. The number of aromatic amines is 1. The molecule has 0 radical (unpaired) electrons. The molecule has 0 bridgehead atoms. The average Bonchev–Trinajstić information content (AvgIpc) is 2.91. The highest BCUT2D eigenvalue weighted by molar-refractivity contribution is 6.31. The molecule has 2 heterocycles. The van der Waals surface area contributed by atoms with E-state index in [1.54, 1.807) is 24.4 Å². The van der Waals surface area contributed by atoms with Crippen LogP contribution in [0.4, 0.5) is 5.82 Å². The number of nitrogens with two attached hydrogens (primary N) is 1. The normalized spacial score (nSPS) is 12.7. The number of fused-ring (bicyclic) bond motifs is 1. The van der Waals surface area contributed by atoms with E-state index in [0.717, 1.165) is 5.69 Å². The van der Waals surface area contributed by atoms with Gasteiger partial charge in [-0.1, -0.05) is 11.6 Å². The van der Waals surface area contributed by atoms with Gasteiger partial charge in [-0.2, -0.15) is 10.1 Å². The molecule has 2 aromatic heterocycles. The molecule has 3 rings (SSSR count). The minimum absolute atomic E-state index is 0.201. The van der Waals surface area contributed by atoms with Gasteiger partial charge in [0.25, 0.3) is 0 Å². The monoisotopic (exact) mass is 289 g/mol. The largest absolute Gasteiger partial charge is 0.383 e. The van der Waals surface area contributed by atoms with Crippen LogP contribution in [-0.4, -0.2) is 19.7 Å². The number of hydrogen-bond acceptors (Lipinski definition) is 4. The topological polar surface area (TPSA) is 89.6 Å². The van der Waals surface area contributed by atoms with Crippen molar-refractivity contribution >= 4 is 28.3 Å². The van der Waals surface area contributed by atoms with Crippen LogP contribution in [0.1, 0.15) is 18.7 Å². The number of nitrogens with zero attached hydrogens (tertiary/aromatic N) is 3. The summed E-state index contributed by atoms with van der Waals surface area (Å²) in [6.07, 6.45) is 1.71. The van der Waals surface area contributed by atoms with Gasteiger partial charge in [0.15, 0.2) is 0 Å². The Bertz CT molecular complexity index is 825. The lowest BCUT2D eigenvalue weighted by molar-refractivity contribution is 0.605. The molecule has 0 fully saturated rings. The molecule has 1 atom stereocenters. The molecule has 3 N–H and O–H groups in total. The Labute approximate surface area is 119 Å². The molecule has 0 aliphatic carbocycles. The number of halogens is 1. The molecule has 6 nitrogen and oxygen atoms in total. The van der Waals surface area contributed by atoms with E-state index in [9.17, 15) is 4.79 Å². The van der Waals surface area contributed by atoms with E-state index < -0.39 is 5.69 Å². The van der Waals surface area contributed by atoms with E-state index in [0.29, 0.717) is 15.9 Å². The summed E-state index contributed by atoms with van der Waals surface area (Å²) < 4.78 is 1.54. The summed E-state index contributed by atoms with van der Waals surface area (Å²) in [6, 6.07) is 6.72. The van der Waals surface area contributed by atoms with Gasteiger partial charge in [-0.3, -0.25) is 9.67 Å². The fraction of sp³-hybridized carbons (Fsp3) is 0.154. The van der Waals surface area contributed by atoms with Crippen LogP contribution >= 0.6 is 11.6 Å². The molecule has 0 amide bonds. The predicted octanol–water partition coefficient (Wildman–Crippen LogP) is 1.96. The average molecular weight is 290 g/mol. The Morgan fingerprint density at radius 3 is 2.90 bits per heavy atom. The van der Waals surface area contributed by atoms with Gasteiger partial charge in [-0.05, 0) is 31.2 Å². The maximum atomic E-state index is 12.2. The summed E-state index contributed by atoms with van der Waals surface area (Å²) in [5, 5.41) is 8.07. The molecule has 102 valence electrons. The van der Waals surface area contributed by atoms with Crippen molar-refractivity contribution in [1.82, 2.24) is 19.7 Å². The number of nitrogen functional groups attached to an aromatic ring is 1. The first-order valence-electron chi connectivity index (χ1n) is 6.05. The van der Waals surface area contributed by atoms with Crippen LogP contribution in [0, 0.1) is 0 Å². The maximum absolute atomic E-state index is 12.2. The quantitative estimate of drug-likeness (QED) is 0.754. The van der Waals surface area contributed by atoms with Crippen molar-refractivity contribution in [2.45, 2.75) is 13.0 Å². The van der Waals surface area contributed by atoms with Gasteiger partial charge in [0.1, 0.15) is 5.82 Å². The Balaban J connectivity index is 2.34. The fourth-order valence-electron chi connectivity index (χ4n) is 2.25. The first kappa shape index (κ1) is 12.7. The third kappa shape index (κ3) is 1.94. The number of nitrogens with one attached hydrogen (secondary N) is 1. The highest BCUT2D eigenvalue weighted by atomic mass is 35.5. The Kier molecular flexibility index (Phi) is 2.94. The van der Waals surface area contributed by atoms with Crippen LogP contribution in [0.15, 0.2) is 35.3 Å². The zero-order chi connectivity index (χ0) is 14.3. The molecule has 1 aromatic carbocycles. The van der Waals surface area contributed by atoms with Crippen molar-refractivity contribution in [2.75, 3.05) is 5.73 Å². The van der Waals surface area contributed by atoms with E-state index >= 15 is 0 Å². The van der Waals surface area contributed by atoms with E-state index in [1.807, 2.05) is 13.0 Å². The molecule has 20 heavy (non-hydrogen) atoms. The van der Waals surface area contributed by atoms with Crippen LogP contribution in [-0.2, 0) is 0 Å². The van der Waals surface area contributed by atoms with Crippen LogP contribution in [0.25, 0.3) is 10.9 Å². The van der Waals surface area contributed by atoms with Crippen LogP contribution in [0.3, 0.4) is 0 Å². The minimum Gasteiger partial charge on any atom is -0.383 e. The van der Waals surface area contributed by atoms with E-state index in [4.69, 9.17) is 17.3 Å². The maximum Gasteiger partial charge on any atom is 0.350 e. The van der Waals surface area contributed by atoms with Gasteiger partial charge < -0.3 is 5.73 Å². The fourth-order valence-corrected chi connectivity index (χ4v) is 2.42. The second kappa shape index (κ2) is 4.64. The Hall–Kier alpha value is -2.34. The SMILES string of the molecule is C[C@@H](c1cc[nH]n1)n1c(=O)nc(N)c2ccc(Cl)cc21. The highest BCUT2D eigenvalue weighted by Gasteiger charge is 2.17. The molecule has 0 saturated carbocycles.